The van der Waals surface area contributed by atoms with Crippen LogP contribution in [-0.2, 0) is 9.05 Å². The molecule has 0 spiro atoms. The van der Waals surface area contributed by atoms with Gasteiger partial charge in [0, 0.05) is 17.3 Å². The molecule has 25 heavy (non-hydrogen) atoms. The fourth-order valence-electron chi connectivity index (χ4n) is 3.18. The van der Waals surface area contributed by atoms with E-state index in [9.17, 15) is 13.2 Å². The van der Waals surface area contributed by atoms with E-state index in [1.807, 2.05) is 38.4 Å². The van der Waals surface area contributed by atoms with Gasteiger partial charge >= 0.3 is 6.18 Å². The predicted molar refractivity (Wildman–Crippen MR) is 97.1 cm³/mol. The van der Waals surface area contributed by atoms with Crippen LogP contribution in [0.5, 0.6) is 0 Å². The van der Waals surface area contributed by atoms with Gasteiger partial charge in [0.05, 0.1) is 19.1 Å². The molecule has 2 rings (SSSR count). The molecule has 4 atom stereocenters. The first-order valence-corrected chi connectivity index (χ1v) is 11.6. The van der Waals surface area contributed by atoms with Crippen LogP contribution in [-0.4, -0.2) is 45.6 Å². The van der Waals surface area contributed by atoms with Gasteiger partial charge in [0.2, 0.25) is 0 Å². The van der Waals surface area contributed by atoms with Crippen molar-refractivity contribution in [3.63, 3.8) is 0 Å². The van der Waals surface area contributed by atoms with Crippen LogP contribution in [0.1, 0.15) is 47.0 Å². The first-order chi connectivity index (χ1) is 11.6. The van der Waals surface area contributed by atoms with Crippen LogP contribution in [0.4, 0.5) is 13.2 Å². The Morgan fingerprint density at radius 1 is 1.32 bits per heavy atom. The summed E-state index contributed by atoms with van der Waals surface area (Å²) in [6.45, 7) is 8.04. The third-order valence-electron chi connectivity index (χ3n) is 4.26. The van der Waals surface area contributed by atoms with Crippen LogP contribution in [0.2, 0.25) is 0 Å². The molecule has 1 heterocycles. The molecule has 0 amide bonds. The highest BCUT2D eigenvalue weighted by atomic mass is 33.1. The van der Waals surface area contributed by atoms with Gasteiger partial charge in [-0.1, -0.05) is 21.6 Å². The van der Waals surface area contributed by atoms with E-state index in [-0.39, 0.29) is 36.8 Å². The summed E-state index contributed by atoms with van der Waals surface area (Å²) in [6.07, 6.45) is -4.43. The topological polar surface area (TPSA) is 45.5 Å². The third-order valence-corrected chi connectivity index (χ3v) is 10.1. The van der Waals surface area contributed by atoms with Crippen molar-refractivity contribution in [1.82, 2.24) is 4.67 Å². The van der Waals surface area contributed by atoms with E-state index in [0.717, 1.165) is 10.8 Å². The van der Waals surface area contributed by atoms with Crippen molar-refractivity contribution in [2.24, 2.45) is 0 Å². The average Bonchev–Trinajstić information content (AvgIpc) is 3.02. The molecule has 0 aromatic rings. The SMILES string of the molecule is CC(C)N(C(C)C)P(OCCC#N)OC1C2CCC1(C(F)(F)F)SS2. The van der Waals surface area contributed by atoms with E-state index in [1.165, 1.54) is 10.8 Å². The maximum Gasteiger partial charge on any atom is 0.406 e. The van der Waals surface area contributed by atoms with Crippen molar-refractivity contribution in [3.05, 3.63) is 0 Å². The summed E-state index contributed by atoms with van der Waals surface area (Å²) in [4.78, 5) is 0. The van der Waals surface area contributed by atoms with Crippen molar-refractivity contribution in [2.75, 3.05) is 6.61 Å². The third kappa shape index (κ3) is 4.41. The minimum absolute atomic E-state index is 0.0643. The normalized spacial score (nSPS) is 30.4. The zero-order chi connectivity index (χ0) is 18.8. The molecule has 2 aliphatic rings. The second-order valence-electron chi connectivity index (χ2n) is 6.72. The highest BCUT2D eigenvalue weighted by Gasteiger charge is 2.70. The summed E-state index contributed by atoms with van der Waals surface area (Å²) in [5.74, 6) is 0. The molecule has 10 heteroatoms. The molecule has 1 saturated carbocycles. The summed E-state index contributed by atoms with van der Waals surface area (Å²) in [5, 5.41) is 8.56. The molecule has 2 fully saturated rings. The lowest BCUT2D eigenvalue weighted by atomic mass is 10.0. The number of rotatable bonds is 8. The molecular formula is C15H24F3N2O2PS2. The molecule has 1 saturated heterocycles. The minimum Gasteiger partial charge on any atom is -0.321 e. The quantitative estimate of drug-likeness (QED) is 0.296. The number of hydrogen-bond donors (Lipinski definition) is 0. The second-order valence-corrected chi connectivity index (χ2v) is 10.9. The molecule has 2 bridgehead atoms. The fourth-order valence-corrected chi connectivity index (χ4v) is 9.04. The van der Waals surface area contributed by atoms with Gasteiger partial charge in [0.25, 0.3) is 8.53 Å². The first kappa shape index (κ1) is 21.6. The summed E-state index contributed by atoms with van der Waals surface area (Å²) >= 11 is 0. The molecule has 1 aliphatic heterocycles. The van der Waals surface area contributed by atoms with E-state index < -0.39 is 25.6 Å². The van der Waals surface area contributed by atoms with Crippen LogP contribution >= 0.6 is 30.1 Å². The monoisotopic (exact) mass is 416 g/mol. The molecule has 0 radical (unpaired) electrons. The number of fused-ring (bicyclic) bond motifs is 2. The molecule has 0 aromatic carbocycles. The number of alkyl halides is 3. The Kier molecular flexibility index (Phi) is 7.37. The number of halogens is 3. The van der Waals surface area contributed by atoms with Gasteiger partial charge in [-0.2, -0.15) is 18.4 Å². The van der Waals surface area contributed by atoms with Gasteiger partial charge in [0.1, 0.15) is 10.9 Å². The Balaban J connectivity index is 2.22. The van der Waals surface area contributed by atoms with Crippen molar-refractivity contribution in [1.29, 1.82) is 5.26 Å². The predicted octanol–water partition coefficient (Wildman–Crippen LogP) is 5.51. The second kappa shape index (κ2) is 8.53. The zero-order valence-electron chi connectivity index (χ0n) is 14.7. The van der Waals surface area contributed by atoms with Gasteiger partial charge in [-0.25, -0.2) is 4.67 Å². The van der Waals surface area contributed by atoms with E-state index in [1.54, 1.807) is 0 Å². The van der Waals surface area contributed by atoms with Gasteiger partial charge in [-0.05, 0) is 40.5 Å². The Bertz CT molecular complexity index is 486. The van der Waals surface area contributed by atoms with Crippen LogP contribution in [0.25, 0.3) is 0 Å². The summed E-state index contributed by atoms with van der Waals surface area (Å²) in [6, 6.07) is 2.13. The van der Waals surface area contributed by atoms with Gasteiger partial charge in [-0.3, -0.25) is 0 Å². The van der Waals surface area contributed by atoms with Gasteiger partial charge in [0.15, 0.2) is 0 Å². The van der Waals surface area contributed by atoms with Crippen LogP contribution in [0.3, 0.4) is 0 Å². The van der Waals surface area contributed by atoms with E-state index >= 15 is 0 Å². The molecule has 4 unspecified atom stereocenters. The Hall–Kier alpha value is 0.290. The van der Waals surface area contributed by atoms with Crippen LogP contribution in [0, 0.1) is 11.3 Å². The molecule has 0 N–H and O–H groups in total. The van der Waals surface area contributed by atoms with Crippen LogP contribution in [0.15, 0.2) is 0 Å². The largest absolute Gasteiger partial charge is 0.406 e. The van der Waals surface area contributed by atoms with E-state index in [2.05, 4.69) is 0 Å². The van der Waals surface area contributed by atoms with Crippen molar-refractivity contribution in [2.45, 2.75) is 81.3 Å². The first-order valence-electron chi connectivity index (χ1n) is 8.30. The molecule has 4 nitrogen and oxygen atoms in total. The summed E-state index contributed by atoms with van der Waals surface area (Å²) in [7, 11) is 0.522. The number of hydrogen-bond acceptors (Lipinski definition) is 6. The fraction of sp³-hybridized carbons (Fsp3) is 0.933. The van der Waals surface area contributed by atoms with Crippen LogP contribution < -0.4 is 0 Å². The molecular weight excluding hydrogens is 392 g/mol. The smallest absolute Gasteiger partial charge is 0.321 e. The lowest BCUT2D eigenvalue weighted by molar-refractivity contribution is -0.172. The van der Waals surface area contributed by atoms with Gasteiger partial charge < -0.3 is 9.05 Å². The zero-order valence-corrected chi connectivity index (χ0v) is 17.3. The Morgan fingerprint density at radius 3 is 2.40 bits per heavy atom. The number of nitriles is 1. The highest BCUT2D eigenvalue weighted by molar-refractivity contribution is 8.78. The number of nitrogens with zero attached hydrogens (tertiary/aromatic N) is 2. The highest BCUT2D eigenvalue weighted by Crippen LogP contribution is 2.69. The molecule has 0 aromatic heterocycles. The summed E-state index contributed by atoms with van der Waals surface area (Å²) in [5.41, 5.74) is 0. The minimum atomic E-state index is -4.31. The lowest BCUT2D eigenvalue weighted by Crippen LogP contribution is -2.48. The maximum atomic E-state index is 13.8. The van der Waals surface area contributed by atoms with E-state index in [4.69, 9.17) is 14.3 Å². The van der Waals surface area contributed by atoms with E-state index in [0.29, 0.717) is 6.42 Å². The van der Waals surface area contributed by atoms with Crippen molar-refractivity contribution in [3.8, 4) is 6.07 Å². The standard InChI is InChI=1S/C15H24F3N2O2PS2/c1-10(2)20(11(3)4)23(21-9-5-8-19)22-13-12-6-7-14(13,25-24-12)15(16,17)18/h10-13H,5-7,9H2,1-4H3. The maximum absolute atomic E-state index is 13.8. The van der Waals surface area contributed by atoms with Crippen molar-refractivity contribution >= 4 is 30.1 Å². The molecule has 144 valence electrons. The Labute approximate surface area is 156 Å². The Morgan fingerprint density at radius 2 is 1.96 bits per heavy atom. The van der Waals surface area contributed by atoms with Gasteiger partial charge in [-0.15, -0.1) is 0 Å². The average molecular weight is 416 g/mol. The summed E-state index contributed by atoms with van der Waals surface area (Å²) < 4.78 is 53.2. The van der Waals surface area contributed by atoms with Crippen molar-refractivity contribution < 1.29 is 22.2 Å². The molecule has 1 aliphatic carbocycles. The lowest BCUT2D eigenvalue weighted by Gasteiger charge is -2.39.